The summed E-state index contributed by atoms with van der Waals surface area (Å²) in [4.78, 5) is 30.5. The van der Waals surface area contributed by atoms with Crippen LogP contribution in [-0.2, 0) is 20.7 Å². The van der Waals surface area contributed by atoms with Crippen molar-refractivity contribution in [2.24, 2.45) is 0 Å². The zero-order valence-corrected chi connectivity index (χ0v) is 20.8. The van der Waals surface area contributed by atoms with Crippen LogP contribution in [0.2, 0.25) is 0 Å². The zero-order chi connectivity index (χ0) is 25.5. The molecule has 0 saturated heterocycles. The lowest BCUT2D eigenvalue weighted by molar-refractivity contribution is -0.139. The van der Waals surface area contributed by atoms with E-state index in [0.717, 1.165) is 33.7 Å². The van der Waals surface area contributed by atoms with E-state index in [9.17, 15) is 9.59 Å². The van der Waals surface area contributed by atoms with Crippen molar-refractivity contribution in [1.29, 1.82) is 0 Å². The van der Waals surface area contributed by atoms with Crippen LogP contribution in [0.15, 0.2) is 64.6 Å². The van der Waals surface area contributed by atoms with Gasteiger partial charge >= 0.3 is 12.1 Å². The molecule has 0 saturated carbocycles. The first-order valence-electron chi connectivity index (χ1n) is 11.9. The summed E-state index contributed by atoms with van der Waals surface area (Å²) in [5.74, 6) is 1.71. The molecule has 0 atom stereocenters. The van der Waals surface area contributed by atoms with Crippen molar-refractivity contribution >= 4 is 17.6 Å². The Morgan fingerprint density at radius 2 is 1.83 bits per heavy atom. The molecule has 36 heavy (non-hydrogen) atoms. The first-order valence-corrected chi connectivity index (χ1v) is 11.9. The Hall–Kier alpha value is -4.07. The third-order valence-corrected chi connectivity index (χ3v) is 5.97. The monoisotopic (exact) mass is 490 g/mol. The first-order chi connectivity index (χ1) is 17.5. The summed E-state index contributed by atoms with van der Waals surface area (Å²) in [5, 5.41) is 0. The average Bonchev–Trinajstić information content (AvgIpc) is 3.48. The minimum Gasteiger partial charge on any atom is -0.493 e. The molecular weight excluding hydrogens is 460 g/mol. The molecule has 0 aliphatic carbocycles. The molecule has 188 valence electrons. The fraction of sp³-hybridized carbons (Fsp3) is 0.321. The molecule has 1 aliphatic rings. The molecule has 2 heterocycles. The smallest absolute Gasteiger partial charge is 0.410 e. The van der Waals surface area contributed by atoms with Crippen LogP contribution in [0.4, 0.5) is 4.79 Å². The number of hydrogen-bond donors (Lipinski definition) is 0. The number of rotatable bonds is 9. The number of methoxy groups -OCH3 is 1. The molecule has 0 unspecified atom stereocenters. The van der Waals surface area contributed by atoms with Crippen molar-refractivity contribution in [3.05, 3.63) is 77.2 Å². The van der Waals surface area contributed by atoms with Crippen molar-refractivity contribution < 1.29 is 28.2 Å². The molecule has 8 nitrogen and oxygen atoms in total. The standard InChI is InChI=1S/C28H30N2O6/c1-4-34-28(32)30-17-22(16-26(31)33-3)24(18-30)21-11-8-12-23(15-21)35-14-13-25-19(2)36-27(29-25)20-9-6-5-7-10-20/h5-12,15H,4,13-14,16-18H2,1-3H3. The summed E-state index contributed by atoms with van der Waals surface area (Å²) in [6.07, 6.45) is 0.307. The molecule has 1 aromatic heterocycles. The van der Waals surface area contributed by atoms with Crippen LogP contribution in [0.3, 0.4) is 0 Å². The lowest BCUT2D eigenvalue weighted by atomic mass is 10.0. The minimum absolute atomic E-state index is 0.113. The maximum atomic E-state index is 12.3. The van der Waals surface area contributed by atoms with E-state index < -0.39 is 6.09 Å². The van der Waals surface area contributed by atoms with Crippen molar-refractivity contribution in [1.82, 2.24) is 9.88 Å². The molecule has 8 heteroatoms. The van der Waals surface area contributed by atoms with Crippen molar-refractivity contribution in [3.63, 3.8) is 0 Å². The van der Waals surface area contributed by atoms with Gasteiger partial charge < -0.3 is 18.6 Å². The van der Waals surface area contributed by atoms with Gasteiger partial charge in [-0.1, -0.05) is 30.3 Å². The number of carbonyl (C=O) groups is 2. The topological polar surface area (TPSA) is 91.1 Å². The summed E-state index contributed by atoms with van der Waals surface area (Å²) in [6.45, 7) is 5.06. The second-order valence-corrected chi connectivity index (χ2v) is 8.40. The van der Waals surface area contributed by atoms with Crippen LogP contribution in [0.5, 0.6) is 5.75 Å². The number of esters is 1. The lowest BCUT2D eigenvalue weighted by Crippen LogP contribution is -2.30. The maximum Gasteiger partial charge on any atom is 0.410 e. The summed E-state index contributed by atoms with van der Waals surface area (Å²) in [6, 6.07) is 17.4. The number of aryl methyl sites for hydroxylation is 1. The summed E-state index contributed by atoms with van der Waals surface area (Å²) < 4.78 is 21.9. The minimum atomic E-state index is -0.403. The van der Waals surface area contributed by atoms with E-state index in [0.29, 0.717) is 37.8 Å². The normalized spacial score (nSPS) is 13.1. The molecule has 3 aromatic rings. The molecule has 0 fully saturated rings. The second-order valence-electron chi connectivity index (χ2n) is 8.40. The number of amides is 1. The average molecular weight is 491 g/mol. The van der Waals surface area contributed by atoms with Gasteiger partial charge in [-0.3, -0.25) is 9.69 Å². The molecule has 0 radical (unpaired) electrons. The number of hydrogen-bond acceptors (Lipinski definition) is 7. The Labute approximate surface area is 210 Å². The molecule has 2 aromatic carbocycles. The highest BCUT2D eigenvalue weighted by atomic mass is 16.6. The van der Waals surface area contributed by atoms with Crippen molar-refractivity contribution in [2.45, 2.75) is 26.7 Å². The highest BCUT2D eigenvalue weighted by Gasteiger charge is 2.29. The molecule has 4 rings (SSSR count). The quantitative estimate of drug-likeness (QED) is 0.387. The van der Waals surface area contributed by atoms with Crippen LogP contribution in [0, 0.1) is 6.92 Å². The van der Waals surface area contributed by atoms with Crippen molar-refractivity contribution in [2.75, 3.05) is 33.4 Å². The predicted molar refractivity (Wildman–Crippen MR) is 134 cm³/mol. The van der Waals surface area contributed by atoms with E-state index in [1.165, 1.54) is 7.11 Å². The van der Waals surface area contributed by atoms with Crippen LogP contribution in [0.25, 0.3) is 17.0 Å². The predicted octanol–water partition coefficient (Wildman–Crippen LogP) is 5.06. The van der Waals surface area contributed by atoms with Crippen LogP contribution in [-0.4, -0.2) is 55.4 Å². The number of carbonyl (C=O) groups excluding carboxylic acids is 2. The van der Waals surface area contributed by atoms with E-state index in [2.05, 4.69) is 4.98 Å². The van der Waals surface area contributed by atoms with Gasteiger partial charge in [-0.15, -0.1) is 0 Å². The van der Waals surface area contributed by atoms with Gasteiger partial charge in [-0.2, -0.15) is 0 Å². The van der Waals surface area contributed by atoms with Gasteiger partial charge in [0.1, 0.15) is 11.5 Å². The number of benzene rings is 2. The molecule has 1 aliphatic heterocycles. The van der Waals surface area contributed by atoms with Crippen molar-refractivity contribution in [3.8, 4) is 17.2 Å². The van der Waals surface area contributed by atoms with Gasteiger partial charge in [-0.05, 0) is 54.8 Å². The maximum absolute atomic E-state index is 12.3. The largest absolute Gasteiger partial charge is 0.493 e. The third-order valence-electron chi connectivity index (χ3n) is 5.97. The molecule has 0 spiro atoms. The first kappa shape index (κ1) is 25.0. The zero-order valence-electron chi connectivity index (χ0n) is 20.8. The Kier molecular flexibility index (Phi) is 8.05. The Bertz CT molecular complexity index is 1250. The lowest BCUT2D eigenvalue weighted by Gasteiger charge is -2.16. The highest BCUT2D eigenvalue weighted by molar-refractivity contribution is 5.84. The van der Waals surface area contributed by atoms with E-state index in [1.54, 1.807) is 11.8 Å². The molecule has 0 N–H and O–H groups in total. The van der Waals surface area contributed by atoms with Gasteiger partial charge in [0.15, 0.2) is 0 Å². The molecule has 1 amide bonds. The SMILES string of the molecule is CCOC(=O)N1CC(CC(=O)OC)=C(c2cccc(OCCc3nc(-c4ccccc4)oc3C)c2)C1. The van der Waals surface area contributed by atoms with Crippen LogP contribution in [0.1, 0.15) is 30.4 Å². The van der Waals surface area contributed by atoms with Gasteiger partial charge in [-0.25, -0.2) is 9.78 Å². The number of oxazole rings is 1. The summed E-state index contributed by atoms with van der Waals surface area (Å²) in [5.41, 5.74) is 4.42. The fourth-order valence-electron chi connectivity index (χ4n) is 4.14. The van der Waals surface area contributed by atoms with E-state index in [-0.39, 0.29) is 19.0 Å². The third kappa shape index (κ3) is 5.94. The fourth-order valence-corrected chi connectivity index (χ4v) is 4.14. The molecular formula is C28H30N2O6. The summed E-state index contributed by atoms with van der Waals surface area (Å²) in [7, 11) is 1.36. The van der Waals surface area contributed by atoms with Gasteiger partial charge in [0, 0.05) is 25.1 Å². The number of aromatic nitrogens is 1. The van der Waals surface area contributed by atoms with Gasteiger partial charge in [0.25, 0.3) is 0 Å². The Balaban J connectivity index is 1.45. The van der Waals surface area contributed by atoms with E-state index in [4.69, 9.17) is 18.6 Å². The highest BCUT2D eigenvalue weighted by Crippen LogP contribution is 2.31. The van der Waals surface area contributed by atoms with Crippen LogP contribution >= 0.6 is 0 Å². The van der Waals surface area contributed by atoms with Gasteiger partial charge in [0.2, 0.25) is 5.89 Å². The number of ether oxygens (including phenoxy) is 3. The summed E-state index contributed by atoms with van der Waals surface area (Å²) >= 11 is 0. The van der Waals surface area contributed by atoms with E-state index in [1.807, 2.05) is 61.5 Å². The Morgan fingerprint density at radius 3 is 2.58 bits per heavy atom. The number of nitrogens with zero attached hydrogens (tertiary/aromatic N) is 2. The van der Waals surface area contributed by atoms with E-state index >= 15 is 0 Å². The van der Waals surface area contributed by atoms with Gasteiger partial charge in [0.05, 0.1) is 32.4 Å². The molecule has 0 bridgehead atoms. The van der Waals surface area contributed by atoms with Crippen LogP contribution < -0.4 is 4.74 Å². The second kappa shape index (κ2) is 11.6. The Morgan fingerprint density at radius 1 is 1.06 bits per heavy atom.